The molecule has 1 atom stereocenters. The predicted molar refractivity (Wildman–Crippen MR) is 116 cm³/mol. The molecule has 0 radical (unpaired) electrons. The number of amides is 2. The zero-order valence-corrected chi connectivity index (χ0v) is 18.1. The van der Waals surface area contributed by atoms with Crippen molar-refractivity contribution in [1.82, 2.24) is 9.80 Å². The van der Waals surface area contributed by atoms with Gasteiger partial charge in [-0.2, -0.15) is 0 Å². The highest BCUT2D eigenvalue weighted by molar-refractivity contribution is 5.89. The van der Waals surface area contributed by atoms with E-state index in [0.717, 1.165) is 56.5 Å². The summed E-state index contributed by atoms with van der Waals surface area (Å²) in [6.45, 7) is 6.51. The van der Waals surface area contributed by atoms with Crippen molar-refractivity contribution < 1.29 is 18.0 Å². The first-order valence-electron chi connectivity index (χ1n) is 10.9. The van der Waals surface area contributed by atoms with Crippen LogP contribution in [0.1, 0.15) is 45.1 Å². The molecule has 1 aliphatic rings. The van der Waals surface area contributed by atoms with Crippen LogP contribution in [-0.2, 0) is 6.54 Å². The van der Waals surface area contributed by atoms with Crippen LogP contribution >= 0.6 is 0 Å². The Labute approximate surface area is 182 Å². The molecule has 0 spiro atoms. The lowest BCUT2D eigenvalue weighted by Gasteiger charge is -2.40. The molecular weight excluding hydrogens is 403 g/mol. The van der Waals surface area contributed by atoms with Crippen molar-refractivity contribution >= 4 is 11.7 Å². The Morgan fingerprint density at radius 1 is 1.10 bits per heavy atom. The van der Waals surface area contributed by atoms with Crippen LogP contribution in [0.15, 0.2) is 42.5 Å². The molecule has 7 heteroatoms. The average Bonchev–Trinajstić information content (AvgIpc) is 2.79. The van der Waals surface area contributed by atoms with Crippen molar-refractivity contribution in [1.29, 1.82) is 0 Å². The monoisotopic (exact) mass is 433 g/mol. The summed E-state index contributed by atoms with van der Waals surface area (Å²) in [4.78, 5) is 17.2. The van der Waals surface area contributed by atoms with E-state index in [1.807, 2.05) is 30.3 Å². The van der Waals surface area contributed by atoms with Crippen molar-refractivity contribution in [2.75, 3.05) is 18.4 Å². The van der Waals surface area contributed by atoms with Crippen LogP contribution in [0.25, 0.3) is 0 Å². The van der Waals surface area contributed by atoms with E-state index in [4.69, 9.17) is 0 Å². The Balaban J connectivity index is 1.75. The Morgan fingerprint density at radius 2 is 1.77 bits per heavy atom. The number of rotatable bonds is 7. The molecule has 168 valence electrons. The second-order valence-electron chi connectivity index (χ2n) is 8.17. The maximum absolute atomic E-state index is 14.1. The van der Waals surface area contributed by atoms with E-state index in [2.05, 4.69) is 24.1 Å². The second kappa shape index (κ2) is 10.7. The Hall–Kier alpha value is -2.54. The summed E-state index contributed by atoms with van der Waals surface area (Å²) in [5.74, 6) is -4.27. The largest absolute Gasteiger partial charge is 0.322 e. The number of carbonyl (C=O) groups excluding carboxylic acids is 1. The Bertz CT molecular complexity index is 870. The summed E-state index contributed by atoms with van der Waals surface area (Å²) in [6, 6.07) is 11.4. The number of nitrogens with one attached hydrogen (secondary N) is 1. The van der Waals surface area contributed by atoms with E-state index < -0.39 is 23.5 Å². The number of hydrogen-bond acceptors (Lipinski definition) is 2. The first-order valence-corrected chi connectivity index (χ1v) is 10.9. The quantitative estimate of drug-likeness (QED) is 0.561. The van der Waals surface area contributed by atoms with Gasteiger partial charge in [0.1, 0.15) is 0 Å². The molecule has 4 nitrogen and oxygen atoms in total. The number of piperidine rings is 1. The lowest BCUT2D eigenvalue weighted by Crippen LogP contribution is -2.50. The van der Waals surface area contributed by atoms with Gasteiger partial charge in [0, 0.05) is 31.7 Å². The molecule has 1 aliphatic heterocycles. The van der Waals surface area contributed by atoms with Crippen molar-refractivity contribution in [3.8, 4) is 0 Å². The highest BCUT2D eigenvalue weighted by Gasteiger charge is 2.30. The van der Waals surface area contributed by atoms with Crippen molar-refractivity contribution in [3.05, 3.63) is 65.5 Å². The zero-order valence-electron chi connectivity index (χ0n) is 18.1. The molecule has 0 aliphatic carbocycles. The Morgan fingerprint density at radius 3 is 2.42 bits per heavy atom. The average molecular weight is 434 g/mol. The summed E-state index contributed by atoms with van der Waals surface area (Å²) < 4.78 is 41.0. The summed E-state index contributed by atoms with van der Waals surface area (Å²) in [6.07, 6.45) is 3.86. The lowest BCUT2D eigenvalue weighted by atomic mass is 10.00. The van der Waals surface area contributed by atoms with E-state index >= 15 is 0 Å². The van der Waals surface area contributed by atoms with Gasteiger partial charge in [0.05, 0.1) is 5.69 Å². The minimum Gasteiger partial charge on any atom is -0.317 e. The normalized spacial score (nSPS) is 16.2. The molecule has 1 unspecified atom stereocenters. The van der Waals surface area contributed by atoms with Crippen LogP contribution < -0.4 is 5.32 Å². The van der Waals surface area contributed by atoms with Gasteiger partial charge >= 0.3 is 6.03 Å². The number of benzene rings is 2. The highest BCUT2D eigenvalue weighted by Crippen LogP contribution is 2.24. The van der Waals surface area contributed by atoms with Gasteiger partial charge in [-0.1, -0.05) is 43.7 Å². The van der Waals surface area contributed by atoms with Gasteiger partial charge < -0.3 is 15.1 Å². The van der Waals surface area contributed by atoms with Gasteiger partial charge in [-0.05, 0) is 43.9 Å². The standard InChI is InChI=1S/C24H30F3N3O/c1-3-7-17(2)29-14-12-19(13-15-29)30(16-18-8-5-4-6-9-18)24(31)28-21-11-10-20(25)22(26)23(21)27/h4-6,8-11,17,19H,3,7,12-16H2,1-2H3,(H,28,31). The zero-order chi connectivity index (χ0) is 22.4. The molecule has 0 aromatic heterocycles. The number of nitrogens with zero attached hydrogens (tertiary/aromatic N) is 2. The Kier molecular flexibility index (Phi) is 7.96. The fourth-order valence-electron chi connectivity index (χ4n) is 4.19. The topological polar surface area (TPSA) is 35.6 Å². The molecule has 0 bridgehead atoms. The maximum atomic E-state index is 14.1. The van der Waals surface area contributed by atoms with Crippen molar-refractivity contribution in [2.24, 2.45) is 0 Å². The van der Waals surface area contributed by atoms with Crippen LogP contribution in [0.4, 0.5) is 23.7 Å². The van der Waals surface area contributed by atoms with Gasteiger partial charge in [0.25, 0.3) is 0 Å². The minimum atomic E-state index is -1.59. The van der Waals surface area contributed by atoms with E-state index in [-0.39, 0.29) is 11.7 Å². The fourth-order valence-corrected chi connectivity index (χ4v) is 4.19. The molecule has 1 N–H and O–H groups in total. The number of halogens is 3. The molecular formula is C24H30F3N3O. The van der Waals surface area contributed by atoms with E-state index in [1.54, 1.807) is 4.90 Å². The van der Waals surface area contributed by atoms with Gasteiger partial charge in [0.2, 0.25) is 0 Å². The summed E-state index contributed by atoms with van der Waals surface area (Å²) in [7, 11) is 0. The molecule has 1 saturated heterocycles. The van der Waals surface area contributed by atoms with E-state index in [1.165, 1.54) is 0 Å². The molecule has 3 rings (SSSR count). The van der Waals surface area contributed by atoms with Crippen molar-refractivity contribution in [3.63, 3.8) is 0 Å². The third kappa shape index (κ3) is 5.79. The summed E-state index contributed by atoms with van der Waals surface area (Å²) in [5.41, 5.74) is 0.584. The van der Waals surface area contributed by atoms with Crippen LogP contribution in [-0.4, -0.2) is 41.0 Å². The van der Waals surface area contributed by atoms with Crippen LogP contribution in [0.2, 0.25) is 0 Å². The molecule has 31 heavy (non-hydrogen) atoms. The van der Waals surface area contributed by atoms with Crippen molar-refractivity contribution in [2.45, 2.75) is 58.2 Å². The summed E-state index contributed by atoms with van der Waals surface area (Å²) in [5, 5.41) is 2.44. The molecule has 2 amide bonds. The molecule has 2 aromatic carbocycles. The van der Waals surface area contributed by atoms with Gasteiger partial charge in [-0.25, -0.2) is 18.0 Å². The fraction of sp³-hybridized carbons (Fsp3) is 0.458. The third-order valence-corrected chi connectivity index (χ3v) is 6.00. The number of hydrogen-bond donors (Lipinski definition) is 1. The van der Waals surface area contributed by atoms with Crippen LogP contribution in [0.5, 0.6) is 0 Å². The second-order valence-corrected chi connectivity index (χ2v) is 8.17. The lowest BCUT2D eigenvalue weighted by molar-refractivity contribution is 0.0989. The van der Waals surface area contributed by atoms with Gasteiger partial charge in [-0.15, -0.1) is 0 Å². The smallest absolute Gasteiger partial charge is 0.317 e. The third-order valence-electron chi connectivity index (χ3n) is 6.00. The van der Waals surface area contributed by atoms with Gasteiger partial charge in [0.15, 0.2) is 17.5 Å². The highest BCUT2D eigenvalue weighted by atomic mass is 19.2. The number of likely N-dealkylation sites (tertiary alicyclic amines) is 1. The number of carbonyl (C=O) groups is 1. The van der Waals surface area contributed by atoms with Gasteiger partial charge in [-0.3, -0.25) is 0 Å². The number of anilines is 1. The summed E-state index contributed by atoms with van der Waals surface area (Å²) >= 11 is 0. The molecule has 2 aromatic rings. The first kappa shape index (κ1) is 23.1. The van der Waals surface area contributed by atoms with Crippen LogP contribution in [0.3, 0.4) is 0 Å². The minimum absolute atomic E-state index is 0.0290. The SMILES string of the molecule is CCCC(C)N1CCC(N(Cc2ccccc2)C(=O)Nc2ccc(F)c(F)c2F)CC1. The molecule has 1 heterocycles. The predicted octanol–water partition coefficient (Wildman–Crippen LogP) is 5.79. The maximum Gasteiger partial charge on any atom is 0.322 e. The van der Waals surface area contributed by atoms with Crippen LogP contribution in [0, 0.1) is 17.5 Å². The molecule has 0 saturated carbocycles. The van der Waals surface area contributed by atoms with E-state index in [0.29, 0.717) is 12.6 Å². The number of urea groups is 1. The first-order chi connectivity index (χ1) is 14.9. The molecule has 1 fully saturated rings. The van der Waals surface area contributed by atoms with E-state index in [9.17, 15) is 18.0 Å².